The van der Waals surface area contributed by atoms with E-state index >= 15 is 0 Å². The Labute approximate surface area is 200 Å². The average Bonchev–Trinajstić information content (AvgIpc) is 2.74. The number of hydrogen-bond acceptors (Lipinski definition) is 4. The maximum absolute atomic E-state index is 4.80. The second-order valence-corrected chi connectivity index (χ2v) is 9.47. The zero-order chi connectivity index (χ0) is 21.3. The minimum atomic E-state index is -0.438. The Balaban J connectivity index is 1.91. The van der Waals surface area contributed by atoms with Gasteiger partial charge in [0.05, 0.1) is 0 Å². The molecular formula is C26H22S4. The van der Waals surface area contributed by atoms with E-state index in [0.717, 1.165) is 30.7 Å². The van der Waals surface area contributed by atoms with Crippen molar-refractivity contribution < 1.29 is 0 Å². The fourth-order valence-electron chi connectivity index (χ4n) is 3.97. The third-order valence-electron chi connectivity index (χ3n) is 5.61. The first-order chi connectivity index (χ1) is 14.4. The summed E-state index contributed by atoms with van der Waals surface area (Å²) in [5.74, 6) is 0. The van der Waals surface area contributed by atoms with Crippen LogP contribution in [0.25, 0.3) is 11.1 Å². The SMILES string of the molecule is CC(c1ccc(-c2ccccc2)cc1)(c1ccc(S)cc1S)c1ccc(S)cc1S. The normalized spacial score (nSPS) is 11.5. The summed E-state index contributed by atoms with van der Waals surface area (Å²) in [4.78, 5) is 3.59. The Hall–Kier alpha value is -1.72. The van der Waals surface area contributed by atoms with Gasteiger partial charge in [-0.3, -0.25) is 0 Å². The molecule has 0 aliphatic rings. The summed E-state index contributed by atoms with van der Waals surface area (Å²) in [6.07, 6.45) is 0. The van der Waals surface area contributed by atoms with Crippen molar-refractivity contribution in [3.8, 4) is 11.1 Å². The van der Waals surface area contributed by atoms with Gasteiger partial charge in [-0.25, -0.2) is 0 Å². The molecule has 4 rings (SSSR count). The predicted molar refractivity (Wildman–Crippen MR) is 139 cm³/mol. The second kappa shape index (κ2) is 8.80. The molecule has 0 saturated heterocycles. The number of hydrogen-bond donors (Lipinski definition) is 4. The van der Waals surface area contributed by atoms with Crippen molar-refractivity contribution >= 4 is 50.5 Å². The van der Waals surface area contributed by atoms with Gasteiger partial charge in [-0.05, 0) is 59.0 Å². The average molecular weight is 463 g/mol. The molecule has 0 saturated carbocycles. The molecule has 0 bridgehead atoms. The molecule has 0 aliphatic heterocycles. The van der Waals surface area contributed by atoms with E-state index < -0.39 is 5.41 Å². The van der Waals surface area contributed by atoms with Crippen molar-refractivity contribution in [1.82, 2.24) is 0 Å². The third kappa shape index (κ3) is 4.06. The standard InChI is InChI=1S/C26H22S4/c1-26(22-13-11-20(27)15-24(22)29,23-14-12-21(28)16-25(23)30)19-9-7-18(8-10-19)17-5-3-2-4-6-17/h2-16,27-30H,1H3. The molecule has 0 N–H and O–H groups in total. The van der Waals surface area contributed by atoms with E-state index in [0.29, 0.717) is 0 Å². The lowest BCUT2D eigenvalue weighted by Gasteiger charge is -2.34. The predicted octanol–water partition coefficient (Wildman–Crippen LogP) is 7.86. The summed E-state index contributed by atoms with van der Waals surface area (Å²) < 4.78 is 0. The Bertz CT molecular complexity index is 1130. The topological polar surface area (TPSA) is 0 Å². The van der Waals surface area contributed by atoms with Gasteiger partial charge < -0.3 is 0 Å². The number of benzene rings is 4. The van der Waals surface area contributed by atoms with Crippen molar-refractivity contribution in [2.45, 2.75) is 31.9 Å². The van der Waals surface area contributed by atoms with E-state index in [1.807, 2.05) is 30.3 Å². The fraction of sp³-hybridized carbons (Fsp3) is 0.0769. The van der Waals surface area contributed by atoms with Gasteiger partial charge >= 0.3 is 0 Å². The first-order valence-electron chi connectivity index (χ1n) is 9.60. The minimum Gasteiger partial charge on any atom is -0.143 e. The highest BCUT2D eigenvalue weighted by molar-refractivity contribution is 7.81. The van der Waals surface area contributed by atoms with Crippen LogP contribution in [0.2, 0.25) is 0 Å². The highest BCUT2D eigenvalue weighted by atomic mass is 32.1. The third-order valence-corrected chi connectivity index (χ3v) is 6.91. The van der Waals surface area contributed by atoms with Crippen LogP contribution in [0.3, 0.4) is 0 Å². The lowest BCUT2D eigenvalue weighted by Crippen LogP contribution is -2.26. The van der Waals surface area contributed by atoms with Crippen molar-refractivity contribution in [2.24, 2.45) is 0 Å². The van der Waals surface area contributed by atoms with Gasteiger partial charge in [0, 0.05) is 25.0 Å². The first-order valence-corrected chi connectivity index (χ1v) is 11.4. The molecule has 0 aromatic heterocycles. The molecule has 0 atom stereocenters. The molecule has 150 valence electrons. The van der Waals surface area contributed by atoms with E-state index in [-0.39, 0.29) is 0 Å². The van der Waals surface area contributed by atoms with Crippen molar-refractivity contribution in [1.29, 1.82) is 0 Å². The zero-order valence-corrected chi connectivity index (χ0v) is 20.0. The van der Waals surface area contributed by atoms with Gasteiger partial charge in [0.25, 0.3) is 0 Å². The summed E-state index contributed by atoms with van der Waals surface area (Å²) >= 11 is 18.6. The molecule has 30 heavy (non-hydrogen) atoms. The molecule has 0 aliphatic carbocycles. The van der Waals surface area contributed by atoms with Gasteiger partial charge in [-0.15, -0.1) is 50.5 Å². The van der Waals surface area contributed by atoms with Crippen LogP contribution in [0.4, 0.5) is 0 Å². The summed E-state index contributed by atoms with van der Waals surface area (Å²) in [5.41, 5.74) is 5.35. The van der Waals surface area contributed by atoms with E-state index in [1.165, 1.54) is 16.7 Å². The first kappa shape index (κ1) is 21.5. The molecule has 0 fully saturated rings. The number of rotatable bonds is 4. The van der Waals surface area contributed by atoms with Crippen molar-refractivity contribution in [2.75, 3.05) is 0 Å². The molecule has 4 aromatic rings. The van der Waals surface area contributed by atoms with E-state index in [1.54, 1.807) is 0 Å². The monoisotopic (exact) mass is 462 g/mol. The maximum atomic E-state index is 4.80. The molecule has 4 heteroatoms. The van der Waals surface area contributed by atoms with Crippen LogP contribution in [-0.4, -0.2) is 0 Å². The molecule has 4 aromatic carbocycles. The van der Waals surface area contributed by atoms with Crippen molar-refractivity contribution in [3.63, 3.8) is 0 Å². The largest absolute Gasteiger partial charge is 0.143 e. The van der Waals surface area contributed by atoms with Gasteiger partial charge in [0.2, 0.25) is 0 Å². The van der Waals surface area contributed by atoms with E-state index in [4.69, 9.17) is 25.3 Å². The molecule has 0 spiro atoms. The van der Waals surface area contributed by atoms with Crippen LogP contribution >= 0.6 is 50.5 Å². The molecule has 0 radical (unpaired) electrons. The van der Waals surface area contributed by atoms with Gasteiger partial charge in [0.15, 0.2) is 0 Å². The smallest absolute Gasteiger partial charge is 0.0445 e. The Morgan fingerprint density at radius 3 is 1.47 bits per heavy atom. The fourth-order valence-corrected chi connectivity index (χ4v) is 5.45. The lowest BCUT2D eigenvalue weighted by atomic mass is 9.71. The van der Waals surface area contributed by atoms with Crippen LogP contribution in [0.15, 0.2) is 111 Å². The van der Waals surface area contributed by atoms with Crippen LogP contribution in [0.5, 0.6) is 0 Å². The van der Waals surface area contributed by atoms with Gasteiger partial charge in [0.1, 0.15) is 0 Å². The molecule has 0 heterocycles. The van der Waals surface area contributed by atoms with Crippen LogP contribution < -0.4 is 0 Å². The molecule has 0 nitrogen and oxygen atoms in total. The molecular weight excluding hydrogens is 441 g/mol. The second-order valence-electron chi connectivity index (χ2n) is 7.47. The quantitative estimate of drug-likeness (QED) is 0.172. The highest BCUT2D eigenvalue weighted by Gasteiger charge is 2.34. The van der Waals surface area contributed by atoms with Crippen LogP contribution in [0.1, 0.15) is 23.6 Å². The van der Waals surface area contributed by atoms with E-state index in [9.17, 15) is 0 Å². The summed E-state index contributed by atoms with van der Waals surface area (Å²) in [7, 11) is 0. The van der Waals surface area contributed by atoms with Gasteiger partial charge in [-0.2, -0.15) is 0 Å². The Morgan fingerprint density at radius 2 is 1.00 bits per heavy atom. The maximum Gasteiger partial charge on any atom is 0.0445 e. The highest BCUT2D eigenvalue weighted by Crippen LogP contribution is 2.44. The van der Waals surface area contributed by atoms with Crippen molar-refractivity contribution in [3.05, 3.63) is 108 Å². The van der Waals surface area contributed by atoms with E-state index in [2.05, 4.69) is 92.8 Å². The summed E-state index contributed by atoms with van der Waals surface area (Å²) in [6.45, 7) is 2.23. The number of thiol groups is 4. The van der Waals surface area contributed by atoms with Crippen LogP contribution in [0, 0.1) is 0 Å². The Kier molecular flexibility index (Phi) is 6.31. The summed E-state index contributed by atoms with van der Waals surface area (Å²) in [6, 6.07) is 31.4. The zero-order valence-electron chi connectivity index (χ0n) is 16.4. The minimum absolute atomic E-state index is 0.438. The Morgan fingerprint density at radius 1 is 0.533 bits per heavy atom. The summed E-state index contributed by atoms with van der Waals surface area (Å²) in [5, 5.41) is 0. The molecule has 0 amide bonds. The van der Waals surface area contributed by atoms with Crippen LogP contribution in [-0.2, 0) is 5.41 Å². The lowest BCUT2D eigenvalue weighted by molar-refractivity contribution is 0.661. The van der Waals surface area contributed by atoms with Gasteiger partial charge in [-0.1, -0.05) is 66.7 Å². The molecule has 0 unspecified atom stereocenters.